The monoisotopic (exact) mass is 271 g/mol. The zero-order valence-corrected chi connectivity index (χ0v) is 12.8. The molecule has 1 heterocycles. The molecule has 1 aromatic carbocycles. The van der Waals surface area contributed by atoms with E-state index in [1.54, 1.807) is 6.26 Å². The maximum atomic E-state index is 5.43. The standard InChI is InChI=1S/C18H25NO/c1-4-19-17(9-10-18-6-5-11-20-18)13-16-12-14(2)7-8-15(16)3/h5-8,11-12,17,19H,4,9-10,13H2,1-3H3. The van der Waals surface area contributed by atoms with Gasteiger partial charge in [0.1, 0.15) is 5.76 Å². The number of nitrogens with one attached hydrogen (secondary N) is 1. The fraction of sp³-hybridized carbons (Fsp3) is 0.444. The van der Waals surface area contributed by atoms with Gasteiger partial charge >= 0.3 is 0 Å². The predicted molar refractivity (Wildman–Crippen MR) is 84.1 cm³/mol. The number of hydrogen-bond donors (Lipinski definition) is 1. The van der Waals surface area contributed by atoms with E-state index in [2.05, 4.69) is 50.4 Å². The van der Waals surface area contributed by atoms with Gasteiger partial charge in [-0.2, -0.15) is 0 Å². The second-order valence-electron chi connectivity index (χ2n) is 5.51. The summed E-state index contributed by atoms with van der Waals surface area (Å²) in [6, 6.07) is 11.2. The van der Waals surface area contributed by atoms with Crippen molar-refractivity contribution in [3.63, 3.8) is 0 Å². The van der Waals surface area contributed by atoms with Gasteiger partial charge in [-0.15, -0.1) is 0 Å². The van der Waals surface area contributed by atoms with E-state index >= 15 is 0 Å². The van der Waals surface area contributed by atoms with Crippen molar-refractivity contribution in [3.8, 4) is 0 Å². The molecule has 0 spiro atoms. The molecule has 0 saturated heterocycles. The van der Waals surface area contributed by atoms with Gasteiger partial charge in [0.2, 0.25) is 0 Å². The summed E-state index contributed by atoms with van der Waals surface area (Å²) < 4.78 is 5.43. The maximum absolute atomic E-state index is 5.43. The highest BCUT2D eigenvalue weighted by Gasteiger charge is 2.11. The Bertz CT molecular complexity index is 516. The molecule has 108 valence electrons. The maximum Gasteiger partial charge on any atom is 0.103 e. The van der Waals surface area contributed by atoms with E-state index in [0.717, 1.165) is 31.6 Å². The van der Waals surface area contributed by atoms with Crippen LogP contribution < -0.4 is 5.32 Å². The SMILES string of the molecule is CCNC(CCc1ccco1)Cc1cc(C)ccc1C. The Morgan fingerprint density at radius 1 is 1.20 bits per heavy atom. The number of hydrogen-bond acceptors (Lipinski definition) is 2. The van der Waals surface area contributed by atoms with Gasteiger partial charge in [-0.1, -0.05) is 30.7 Å². The molecule has 1 N–H and O–H groups in total. The molecule has 0 amide bonds. The van der Waals surface area contributed by atoms with Crippen molar-refractivity contribution >= 4 is 0 Å². The molecule has 2 heteroatoms. The molecule has 0 bridgehead atoms. The summed E-state index contributed by atoms with van der Waals surface area (Å²) in [7, 11) is 0. The molecule has 1 aromatic heterocycles. The van der Waals surface area contributed by atoms with Crippen LogP contribution in [0.5, 0.6) is 0 Å². The molecule has 2 aromatic rings. The number of furan rings is 1. The normalized spacial score (nSPS) is 12.6. The van der Waals surface area contributed by atoms with Crippen molar-refractivity contribution in [3.05, 3.63) is 59.0 Å². The summed E-state index contributed by atoms with van der Waals surface area (Å²) in [6.07, 6.45) is 4.94. The molecule has 2 rings (SSSR count). The van der Waals surface area contributed by atoms with Crippen molar-refractivity contribution in [2.75, 3.05) is 6.54 Å². The third kappa shape index (κ3) is 4.24. The van der Waals surface area contributed by atoms with Crippen molar-refractivity contribution < 1.29 is 4.42 Å². The molecule has 0 aliphatic rings. The van der Waals surface area contributed by atoms with Gasteiger partial charge in [-0.25, -0.2) is 0 Å². The third-order valence-corrected chi connectivity index (χ3v) is 3.78. The van der Waals surface area contributed by atoms with Crippen LogP contribution in [0.25, 0.3) is 0 Å². The Hall–Kier alpha value is -1.54. The van der Waals surface area contributed by atoms with E-state index in [9.17, 15) is 0 Å². The molecule has 20 heavy (non-hydrogen) atoms. The molecule has 1 unspecified atom stereocenters. The summed E-state index contributed by atoms with van der Waals surface area (Å²) in [5.74, 6) is 1.08. The van der Waals surface area contributed by atoms with Crippen LogP contribution in [0, 0.1) is 13.8 Å². The van der Waals surface area contributed by atoms with E-state index in [4.69, 9.17) is 4.42 Å². The Morgan fingerprint density at radius 3 is 2.75 bits per heavy atom. The number of aryl methyl sites for hydroxylation is 3. The van der Waals surface area contributed by atoms with Gasteiger partial charge in [-0.05, 0) is 56.5 Å². The summed E-state index contributed by atoms with van der Waals surface area (Å²) in [5, 5.41) is 3.60. The van der Waals surface area contributed by atoms with Crippen LogP contribution in [0.4, 0.5) is 0 Å². The topological polar surface area (TPSA) is 25.2 Å². The predicted octanol–water partition coefficient (Wildman–Crippen LogP) is 4.05. The molecular weight excluding hydrogens is 246 g/mol. The first kappa shape index (κ1) is 14.9. The number of rotatable bonds is 7. The third-order valence-electron chi connectivity index (χ3n) is 3.78. The average Bonchev–Trinajstić information content (AvgIpc) is 2.93. The van der Waals surface area contributed by atoms with Gasteiger partial charge < -0.3 is 9.73 Å². The van der Waals surface area contributed by atoms with E-state index in [-0.39, 0.29) is 0 Å². The van der Waals surface area contributed by atoms with Crippen molar-refractivity contribution in [2.24, 2.45) is 0 Å². The van der Waals surface area contributed by atoms with Crippen molar-refractivity contribution in [2.45, 2.75) is 46.1 Å². The average molecular weight is 271 g/mol. The van der Waals surface area contributed by atoms with Gasteiger partial charge in [0, 0.05) is 12.5 Å². The van der Waals surface area contributed by atoms with Crippen molar-refractivity contribution in [1.29, 1.82) is 0 Å². The van der Waals surface area contributed by atoms with Crippen LogP contribution in [0.15, 0.2) is 41.0 Å². The van der Waals surface area contributed by atoms with E-state index in [0.29, 0.717) is 6.04 Å². The highest BCUT2D eigenvalue weighted by Crippen LogP contribution is 2.15. The van der Waals surface area contributed by atoms with Crippen LogP contribution in [0.3, 0.4) is 0 Å². The molecule has 0 aliphatic heterocycles. The lowest BCUT2D eigenvalue weighted by molar-refractivity contribution is 0.447. The molecule has 0 aliphatic carbocycles. The Morgan fingerprint density at radius 2 is 2.05 bits per heavy atom. The zero-order valence-electron chi connectivity index (χ0n) is 12.8. The minimum absolute atomic E-state index is 0.505. The minimum Gasteiger partial charge on any atom is -0.469 e. The summed E-state index contributed by atoms with van der Waals surface area (Å²) in [5.41, 5.74) is 4.18. The number of likely N-dealkylation sites (N-methyl/N-ethyl adjacent to an activating group) is 1. The summed E-state index contributed by atoms with van der Waals surface area (Å²) in [4.78, 5) is 0. The highest BCUT2D eigenvalue weighted by atomic mass is 16.3. The summed E-state index contributed by atoms with van der Waals surface area (Å²) in [6.45, 7) is 7.54. The zero-order chi connectivity index (χ0) is 14.4. The first-order valence-electron chi connectivity index (χ1n) is 7.51. The summed E-state index contributed by atoms with van der Waals surface area (Å²) >= 11 is 0. The van der Waals surface area contributed by atoms with Crippen LogP contribution in [-0.4, -0.2) is 12.6 Å². The molecular formula is C18H25NO. The van der Waals surface area contributed by atoms with E-state index in [1.165, 1.54) is 16.7 Å². The van der Waals surface area contributed by atoms with Crippen molar-refractivity contribution in [1.82, 2.24) is 5.32 Å². The quantitative estimate of drug-likeness (QED) is 0.822. The second-order valence-corrected chi connectivity index (χ2v) is 5.51. The minimum atomic E-state index is 0.505. The van der Waals surface area contributed by atoms with Crippen LogP contribution in [0.2, 0.25) is 0 Å². The Balaban J connectivity index is 1.99. The fourth-order valence-corrected chi connectivity index (χ4v) is 2.62. The second kappa shape index (κ2) is 7.30. The fourth-order valence-electron chi connectivity index (χ4n) is 2.62. The molecule has 1 atom stereocenters. The molecule has 0 fully saturated rings. The van der Waals surface area contributed by atoms with E-state index in [1.807, 2.05) is 6.07 Å². The Labute approximate surface area is 122 Å². The molecule has 2 nitrogen and oxygen atoms in total. The van der Waals surface area contributed by atoms with Gasteiger partial charge in [0.15, 0.2) is 0 Å². The lowest BCUT2D eigenvalue weighted by Gasteiger charge is -2.19. The lowest BCUT2D eigenvalue weighted by Crippen LogP contribution is -2.31. The number of benzene rings is 1. The first-order valence-corrected chi connectivity index (χ1v) is 7.51. The van der Waals surface area contributed by atoms with Gasteiger partial charge in [0.25, 0.3) is 0 Å². The van der Waals surface area contributed by atoms with Gasteiger partial charge in [-0.3, -0.25) is 0 Å². The first-order chi connectivity index (χ1) is 9.69. The highest BCUT2D eigenvalue weighted by molar-refractivity contribution is 5.31. The smallest absolute Gasteiger partial charge is 0.103 e. The van der Waals surface area contributed by atoms with Crippen LogP contribution >= 0.6 is 0 Å². The Kier molecular flexibility index (Phi) is 5.42. The van der Waals surface area contributed by atoms with Crippen LogP contribution in [0.1, 0.15) is 35.8 Å². The van der Waals surface area contributed by atoms with Crippen LogP contribution in [-0.2, 0) is 12.8 Å². The van der Waals surface area contributed by atoms with E-state index < -0.39 is 0 Å². The molecule has 0 saturated carbocycles. The lowest BCUT2D eigenvalue weighted by atomic mass is 9.96. The molecule has 0 radical (unpaired) electrons. The van der Waals surface area contributed by atoms with Gasteiger partial charge in [0.05, 0.1) is 6.26 Å². The largest absolute Gasteiger partial charge is 0.469 e.